The number of aromatic nitrogens is 2. The molecule has 1 aromatic carbocycles. The van der Waals surface area contributed by atoms with E-state index >= 15 is 0 Å². The van der Waals surface area contributed by atoms with E-state index in [1.54, 1.807) is 36.5 Å². The van der Waals surface area contributed by atoms with Crippen molar-refractivity contribution in [2.45, 2.75) is 26.7 Å². The number of likely N-dealkylation sites (N-methyl/N-ethyl adjacent to an activating group) is 1. The van der Waals surface area contributed by atoms with Crippen molar-refractivity contribution < 1.29 is 9.53 Å². The van der Waals surface area contributed by atoms with Crippen LogP contribution in [0.15, 0.2) is 35.4 Å². The van der Waals surface area contributed by atoms with Gasteiger partial charge < -0.3 is 20.7 Å². The fraction of sp³-hybridized carbons (Fsp3) is 0.429. The Balaban J connectivity index is 2.22. The van der Waals surface area contributed by atoms with Gasteiger partial charge in [0.2, 0.25) is 17.7 Å². The van der Waals surface area contributed by atoms with Crippen LogP contribution in [0.4, 0.5) is 11.6 Å². The van der Waals surface area contributed by atoms with Gasteiger partial charge in [0, 0.05) is 31.3 Å². The maximum Gasteiger partial charge on any atom is 0.248 e. The SMILES string of the molecule is CCCN(CCC)c1nc(/C=N/Nc2cccc(C(N)=O)c2)cc(OCCNC)n1. The van der Waals surface area contributed by atoms with E-state index in [9.17, 15) is 4.79 Å². The average Bonchev–Trinajstić information content (AvgIpc) is 2.74. The van der Waals surface area contributed by atoms with E-state index in [-0.39, 0.29) is 0 Å². The van der Waals surface area contributed by atoms with Crippen LogP contribution in [0.3, 0.4) is 0 Å². The summed E-state index contributed by atoms with van der Waals surface area (Å²) in [6.45, 7) is 7.20. The molecule has 1 heterocycles. The zero-order chi connectivity index (χ0) is 21.8. The molecule has 9 nitrogen and oxygen atoms in total. The molecule has 0 unspecified atom stereocenters. The number of rotatable bonds is 13. The molecular weight excluding hydrogens is 382 g/mol. The van der Waals surface area contributed by atoms with Crippen LogP contribution in [0.25, 0.3) is 0 Å². The molecule has 2 rings (SSSR count). The standard InChI is InChI=1S/C21H31N7O2/c1-4-10-28(11-5-2)21-25-18(14-19(26-21)30-12-9-23-3)15-24-27-17-8-6-7-16(13-17)20(22)29/h6-8,13-15,23,27H,4-5,9-12H2,1-3H3,(H2,22,29)/b24-15+. The topological polar surface area (TPSA) is 118 Å². The first-order valence-electron chi connectivity index (χ1n) is 10.2. The van der Waals surface area contributed by atoms with Crippen LogP contribution < -0.4 is 26.1 Å². The van der Waals surface area contributed by atoms with E-state index in [4.69, 9.17) is 10.5 Å². The van der Waals surface area contributed by atoms with Crippen LogP contribution in [0.5, 0.6) is 5.88 Å². The molecule has 30 heavy (non-hydrogen) atoms. The van der Waals surface area contributed by atoms with Gasteiger partial charge in [-0.15, -0.1) is 0 Å². The van der Waals surface area contributed by atoms with Crippen LogP contribution in [0.2, 0.25) is 0 Å². The predicted octanol–water partition coefficient (Wildman–Crippen LogP) is 2.25. The van der Waals surface area contributed by atoms with Gasteiger partial charge in [-0.05, 0) is 38.1 Å². The third kappa shape index (κ3) is 7.32. The van der Waals surface area contributed by atoms with Crippen molar-refractivity contribution in [2.75, 3.05) is 43.6 Å². The van der Waals surface area contributed by atoms with E-state index in [2.05, 4.69) is 44.6 Å². The Hall–Kier alpha value is -3.20. The lowest BCUT2D eigenvalue weighted by molar-refractivity contribution is 0.100. The molecule has 0 atom stereocenters. The van der Waals surface area contributed by atoms with Crippen molar-refractivity contribution in [3.05, 3.63) is 41.6 Å². The first-order chi connectivity index (χ1) is 14.6. The van der Waals surface area contributed by atoms with Crippen molar-refractivity contribution in [1.82, 2.24) is 15.3 Å². The van der Waals surface area contributed by atoms with E-state index in [0.29, 0.717) is 41.9 Å². The van der Waals surface area contributed by atoms with Gasteiger partial charge in [0.25, 0.3) is 0 Å². The van der Waals surface area contributed by atoms with Gasteiger partial charge in [-0.3, -0.25) is 10.2 Å². The summed E-state index contributed by atoms with van der Waals surface area (Å²) in [7, 11) is 1.87. The monoisotopic (exact) mass is 413 g/mol. The Labute approximate surface area is 177 Å². The van der Waals surface area contributed by atoms with Gasteiger partial charge >= 0.3 is 0 Å². The Morgan fingerprint density at radius 3 is 2.67 bits per heavy atom. The minimum absolute atomic E-state index is 0.412. The maximum absolute atomic E-state index is 11.3. The lowest BCUT2D eigenvalue weighted by Crippen LogP contribution is -2.27. The number of hydrogen-bond donors (Lipinski definition) is 3. The molecule has 2 aromatic rings. The van der Waals surface area contributed by atoms with Crippen molar-refractivity contribution in [3.63, 3.8) is 0 Å². The van der Waals surface area contributed by atoms with Gasteiger partial charge in [-0.2, -0.15) is 10.1 Å². The predicted molar refractivity (Wildman–Crippen MR) is 120 cm³/mol. The third-order valence-corrected chi connectivity index (χ3v) is 4.12. The Morgan fingerprint density at radius 2 is 2.00 bits per heavy atom. The largest absolute Gasteiger partial charge is 0.476 e. The summed E-state index contributed by atoms with van der Waals surface area (Å²) in [5.41, 5.74) is 9.90. The molecule has 0 saturated carbocycles. The lowest BCUT2D eigenvalue weighted by Gasteiger charge is -2.22. The molecule has 1 aromatic heterocycles. The van der Waals surface area contributed by atoms with Gasteiger partial charge in [0.1, 0.15) is 6.61 Å². The summed E-state index contributed by atoms with van der Waals surface area (Å²) in [4.78, 5) is 22.7. The van der Waals surface area contributed by atoms with E-state index in [1.807, 2.05) is 7.05 Å². The minimum atomic E-state index is -0.488. The number of nitrogens with one attached hydrogen (secondary N) is 2. The van der Waals surface area contributed by atoms with Crippen molar-refractivity contribution in [1.29, 1.82) is 0 Å². The molecule has 0 fully saturated rings. The van der Waals surface area contributed by atoms with Crippen molar-refractivity contribution in [2.24, 2.45) is 10.8 Å². The number of anilines is 2. The highest BCUT2D eigenvalue weighted by atomic mass is 16.5. The molecule has 0 bridgehead atoms. The van der Waals surface area contributed by atoms with Crippen LogP contribution in [0.1, 0.15) is 42.7 Å². The second-order valence-corrected chi connectivity index (χ2v) is 6.69. The molecule has 4 N–H and O–H groups in total. The third-order valence-electron chi connectivity index (χ3n) is 4.12. The van der Waals surface area contributed by atoms with Crippen LogP contribution in [0, 0.1) is 0 Å². The second-order valence-electron chi connectivity index (χ2n) is 6.69. The van der Waals surface area contributed by atoms with Crippen molar-refractivity contribution >= 4 is 23.8 Å². The summed E-state index contributed by atoms with van der Waals surface area (Å²) in [6, 6.07) is 8.58. The van der Waals surface area contributed by atoms with Crippen LogP contribution in [-0.4, -0.2) is 55.4 Å². The number of hydrogen-bond acceptors (Lipinski definition) is 8. The number of carbonyl (C=O) groups is 1. The number of ether oxygens (including phenoxy) is 1. The number of hydrazone groups is 1. The number of nitrogens with zero attached hydrogens (tertiary/aromatic N) is 4. The summed E-state index contributed by atoms with van der Waals surface area (Å²) >= 11 is 0. The van der Waals surface area contributed by atoms with Crippen LogP contribution >= 0.6 is 0 Å². The molecular formula is C21H31N7O2. The van der Waals surface area contributed by atoms with Gasteiger partial charge in [-0.25, -0.2) is 4.98 Å². The number of carbonyl (C=O) groups excluding carboxylic acids is 1. The fourth-order valence-electron chi connectivity index (χ4n) is 2.74. The highest BCUT2D eigenvalue weighted by molar-refractivity contribution is 5.93. The van der Waals surface area contributed by atoms with Gasteiger partial charge in [0.15, 0.2) is 0 Å². The van der Waals surface area contributed by atoms with E-state index in [1.165, 1.54) is 0 Å². The molecule has 9 heteroatoms. The normalized spacial score (nSPS) is 10.9. The maximum atomic E-state index is 11.3. The number of nitrogens with two attached hydrogens (primary N) is 1. The van der Waals surface area contributed by atoms with Gasteiger partial charge in [0.05, 0.1) is 17.6 Å². The second kappa shape index (κ2) is 12.4. The van der Waals surface area contributed by atoms with E-state index in [0.717, 1.165) is 25.9 Å². The quantitative estimate of drug-likeness (QED) is 0.262. The first kappa shape index (κ1) is 23.1. The van der Waals surface area contributed by atoms with Crippen molar-refractivity contribution in [3.8, 4) is 5.88 Å². The minimum Gasteiger partial charge on any atom is -0.476 e. The summed E-state index contributed by atoms with van der Waals surface area (Å²) in [5, 5.41) is 7.29. The number of primary amides is 1. The Kier molecular flexibility index (Phi) is 9.53. The molecule has 0 aliphatic heterocycles. The van der Waals surface area contributed by atoms with Crippen LogP contribution in [-0.2, 0) is 0 Å². The molecule has 0 aliphatic rings. The molecule has 1 amide bonds. The van der Waals surface area contributed by atoms with Gasteiger partial charge in [-0.1, -0.05) is 19.9 Å². The zero-order valence-corrected chi connectivity index (χ0v) is 17.9. The number of benzene rings is 1. The Morgan fingerprint density at radius 1 is 1.23 bits per heavy atom. The van der Waals surface area contributed by atoms with E-state index < -0.39 is 5.91 Å². The smallest absolute Gasteiger partial charge is 0.248 e. The highest BCUT2D eigenvalue weighted by Crippen LogP contribution is 2.16. The summed E-state index contributed by atoms with van der Waals surface area (Å²) in [5.74, 6) is 0.640. The molecule has 0 radical (unpaired) electrons. The lowest BCUT2D eigenvalue weighted by atomic mass is 10.2. The zero-order valence-electron chi connectivity index (χ0n) is 17.9. The Bertz CT molecular complexity index is 836. The number of amides is 1. The fourth-order valence-corrected chi connectivity index (χ4v) is 2.74. The first-order valence-corrected chi connectivity index (χ1v) is 10.2. The molecule has 0 saturated heterocycles. The molecule has 0 spiro atoms. The molecule has 0 aliphatic carbocycles. The summed E-state index contributed by atoms with van der Waals surface area (Å²) in [6.07, 6.45) is 3.59. The molecule has 162 valence electrons. The highest BCUT2D eigenvalue weighted by Gasteiger charge is 2.12. The summed E-state index contributed by atoms with van der Waals surface area (Å²) < 4.78 is 5.77. The average molecular weight is 414 g/mol.